The summed E-state index contributed by atoms with van der Waals surface area (Å²) in [5.74, 6) is 0. The van der Waals surface area contributed by atoms with Gasteiger partial charge in [-0.1, -0.05) is 24.6 Å². The minimum atomic E-state index is 0.571. The Bertz CT molecular complexity index is 331. The van der Waals surface area contributed by atoms with E-state index in [0.717, 1.165) is 19.6 Å². The van der Waals surface area contributed by atoms with Gasteiger partial charge in [-0.15, -0.1) is 0 Å². The van der Waals surface area contributed by atoms with Crippen LogP contribution in [-0.4, -0.2) is 47.5 Å². The molecule has 4 heteroatoms. The maximum Gasteiger partial charge on any atom is 0.129 e. The van der Waals surface area contributed by atoms with E-state index >= 15 is 0 Å². The Labute approximate surface area is 108 Å². The highest BCUT2D eigenvalue weighted by molar-refractivity contribution is 6.29. The number of pyridine rings is 1. The van der Waals surface area contributed by atoms with E-state index in [4.69, 9.17) is 11.6 Å². The van der Waals surface area contributed by atoms with E-state index in [2.05, 4.69) is 27.8 Å². The lowest BCUT2D eigenvalue weighted by Gasteiger charge is -2.34. The molecule has 94 valence electrons. The van der Waals surface area contributed by atoms with Crippen LogP contribution in [0.2, 0.25) is 5.15 Å². The Morgan fingerprint density at radius 3 is 2.47 bits per heavy atom. The van der Waals surface area contributed by atoms with Gasteiger partial charge < -0.3 is 4.90 Å². The first-order valence-electron chi connectivity index (χ1n) is 6.33. The number of nitrogens with zero attached hydrogens (tertiary/aromatic N) is 3. The zero-order valence-corrected chi connectivity index (χ0v) is 11.2. The lowest BCUT2D eigenvalue weighted by molar-refractivity contribution is 0.127. The van der Waals surface area contributed by atoms with Gasteiger partial charge in [-0.05, 0) is 24.6 Å². The summed E-state index contributed by atoms with van der Waals surface area (Å²) in [7, 11) is 0. The highest BCUT2D eigenvalue weighted by atomic mass is 35.5. The predicted octanol–water partition coefficient (Wildman–Crippen LogP) is 2.26. The van der Waals surface area contributed by atoms with Gasteiger partial charge in [0, 0.05) is 38.9 Å². The number of rotatable bonds is 4. The van der Waals surface area contributed by atoms with E-state index < -0.39 is 0 Å². The Balaban J connectivity index is 1.79. The molecule has 0 aliphatic carbocycles. The van der Waals surface area contributed by atoms with Gasteiger partial charge in [0.05, 0.1) is 0 Å². The monoisotopic (exact) mass is 253 g/mol. The van der Waals surface area contributed by atoms with Crippen molar-refractivity contribution in [1.82, 2.24) is 14.8 Å². The molecule has 1 aromatic rings. The van der Waals surface area contributed by atoms with Gasteiger partial charge in [-0.3, -0.25) is 4.90 Å². The van der Waals surface area contributed by atoms with E-state index in [9.17, 15) is 0 Å². The summed E-state index contributed by atoms with van der Waals surface area (Å²) in [6.07, 6.45) is 3.13. The maximum absolute atomic E-state index is 5.78. The van der Waals surface area contributed by atoms with Crippen LogP contribution in [0.1, 0.15) is 18.9 Å². The molecule has 0 spiro atoms. The van der Waals surface area contributed by atoms with Crippen LogP contribution in [0.25, 0.3) is 0 Å². The van der Waals surface area contributed by atoms with E-state index in [-0.39, 0.29) is 0 Å². The Kier molecular flexibility index (Phi) is 4.77. The second-order valence-corrected chi connectivity index (χ2v) is 4.99. The smallest absolute Gasteiger partial charge is 0.129 e. The zero-order chi connectivity index (χ0) is 12.1. The van der Waals surface area contributed by atoms with Crippen LogP contribution < -0.4 is 0 Å². The van der Waals surface area contributed by atoms with Gasteiger partial charge in [0.15, 0.2) is 0 Å². The highest BCUT2D eigenvalue weighted by Gasteiger charge is 2.15. The first kappa shape index (κ1) is 12.8. The minimum Gasteiger partial charge on any atom is -0.301 e. The van der Waals surface area contributed by atoms with Gasteiger partial charge in [-0.2, -0.15) is 0 Å². The van der Waals surface area contributed by atoms with Gasteiger partial charge in [0.25, 0.3) is 0 Å². The highest BCUT2D eigenvalue weighted by Crippen LogP contribution is 2.10. The summed E-state index contributed by atoms with van der Waals surface area (Å²) < 4.78 is 0. The first-order valence-corrected chi connectivity index (χ1v) is 6.71. The molecule has 1 aromatic heterocycles. The summed E-state index contributed by atoms with van der Waals surface area (Å²) in [6, 6.07) is 3.93. The fraction of sp³-hybridized carbons (Fsp3) is 0.615. The molecule has 0 unspecified atom stereocenters. The average molecular weight is 254 g/mol. The Morgan fingerprint density at radius 2 is 1.88 bits per heavy atom. The molecule has 0 N–H and O–H groups in total. The van der Waals surface area contributed by atoms with Crippen LogP contribution in [0.5, 0.6) is 0 Å². The fourth-order valence-electron chi connectivity index (χ4n) is 2.25. The first-order chi connectivity index (χ1) is 8.28. The number of hydrogen-bond acceptors (Lipinski definition) is 3. The lowest BCUT2D eigenvalue weighted by Crippen LogP contribution is -2.45. The van der Waals surface area contributed by atoms with Crippen molar-refractivity contribution < 1.29 is 0 Å². The molecule has 0 saturated carbocycles. The molecule has 1 aliphatic rings. The van der Waals surface area contributed by atoms with Crippen molar-refractivity contribution in [1.29, 1.82) is 0 Å². The molecule has 1 saturated heterocycles. The molecular formula is C13H20ClN3. The van der Waals surface area contributed by atoms with Crippen LogP contribution in [0.15, 0.2) is 18.3 Å². The Morgan fingerprint density at radius 1 is 1.18 bits per heavy atom. The quantitative estimate of drug-likeness (QED) is 0.768. The molecule has 2 heterocycles. The van der Waals surface area contributed by atoms with Gasteiger partial charge in [-0.25, -0.2) is 4.98 Å². The van der Waals surface area contributed by atoms with Crippen molar-refractivity contribution in [2.45, 2.75) is 19.9 Å². The van der Waals surface area contributed by atoms with Crippen molar-refractivity contribution in [2.24, 2.45) is 0 Å². The fourth-order valence-corrected chi connectivity index (χ4v) is 2.36. The van der Waals surface area contributed by atoms with E-state index in [1.807, 2.05) is 12.3 Å². The number of piperazine rings is 1. The molecule has 1 fully saturated rings. The normalized spacial score (nSPS) is 18.5. The third-order valence-corrected chi connectivity index (χ3v) is 3.42. The molecule has 0 amide bonds. The average Bonchev–Trinajstić information content (AvgIpc) is 2.35. The molecule has 0 bridgehead atoms. The van der Waals surface area contributed by atoms with Crippen LogP contribution in [0, 0.1) is 0 Å². The second-order valence-electron chi connectivity index (χ2n) is 4.61. The lowest BCUT2D eigenvalue weighted by atomic mass is 10.2. The largest absolute Gasteiger partial charge is 0.301 e. The molecule has 0 aromatic carbocycles. The third kappa shape index (κ3) is 3.95. The SMILES string of the molecule is CCCN1CCN(Cc2ccc(Cl)nc2)CC1. The van der Waals surface area contributed by atoms with Crippen LogP contribution >= 0.6 is 11.6 Å². The molecule has 2 rings (SSSR count). The number of hydrogen-bond donors (Lipinski definition) is 0. The summed E-state index contributed by atoms with van der Waals surface area (Å²) in [4.78, 5) is 9.14. The van der Waals surface area contributed by atoms with Gasteiger partial charge in [0.1, 0.15) is 5.15 Å². The number of halogens is 1. The maximum atomic E-state index is 5.78. The molecular weight excluding hydrogens is 234 g/mol. The van der Waals surface area contributed by atoms with Gasteiger partial charge >= 0.3 is 0 Å². The second kappa shape index (κ2) is 6.34. The summed E-state index contributed by atoms with van der Waals surface area (Å²) in [5, 5.41) is 0.571. The third-order valence-electron chi connectivity index (χ3n) is 3.20. The number of aromatic nitrogens is 1. The van der Waals surface area contributed by atoms with Crippen LogP contribution in [-0.2, 0) is 6.54 Å². The van der Waals surface area contributed by atoms with Crippen LogP contribution in [0.3, 0.4) is 0 Å². The summed E-state index contributed by atoms with van der Waals surface area (Å²) in [6.45, 7) is 9.15. The van der Waals surface area contributed by atoms with E-state index in [1.165, 1.54) is 31.6 Å². The van der Waals surface area contributed by atoms with Crippen molar-refractivity contribution >= 4 is 11.6 Å². The van der Waals surface area contributed by atoms with Crippen molar-refractivity contribution in [2.75, 3.05) is 32.7 Å². The van der Waals surface area contributed by atoms with Crippen LogP contribution in [0.4, 0.5) is 0 Å². The van der Waals surface area contributed by atoms with E-state index in [0.29, 0.717) is 5.15 Å². The topological polar surface area (TPSA) is 19.4 Å². The molecule has 0 atom stereocenters. The molecule has 17 heavy (non-hydrogen) atoms. The molecule has 0 radical (unpaired) electrons. The molecule has 1 aliphatic heterocycles. The van der Waals surface area contributed by atoms with E-state index in [1.54, 1.807) is 0 Å². The summed E-state index contributed by atoms with van der Waals surface area (Å²) >= 11 is 5.78. The van der Waals surface area contributed by atoms with Crippen molar-refractivity contribution in [3.05, 3.63) is 29.0 Å². The minimum absolute atomic E-state index is 0.571. The summed E-state index contributed by atoms with van der Waals surface area (Å²) in [5.41, 5.74) is 1.25. The molecule has 3 nitrogen and oxygen atoms in total. The van der Waals surface area contributed by atoms with Crippen molar-refractivity contribution in [3.63, 3.8) is 0 Å². The van der Waals surface area contributed by atoms with Crippen molar-refractivity contribution in [3.8, 4) is 0 Å². The zero-order valence-electron chi connectivity index (χ0n) is 10.4. The predicted molar refractivity (Wildman–Crippen MR) is 71.3 cm³/mol. The Hall–Kier alpha value is -0.640. The van der Waals surface area contributed by atoms with Gasteiger partial charge in [0.2, 0.25) is 0 Å². The standard InChI is InChI=1S/C13H20ClN3/c1-2-5-16-6-8-17(9-7-16)11-12-3-4-13(14)15-10-12/h3-4,10H,2,5-9,11H2,1H3.